The molecule has 2 aliphatic rings. The maximum atomic E-state index is 13.5. The molecule has 180 valence electrons. The number of hydrogen-bond acceptors (Lipinski definition) is 7. The SMILES string of the molecule is COc1cccc2c1O[C@H](c1ccc(OC)c(OC)c1C(=O)O)N1N=C(c3ccc(F)cc3)C[C@@H]21. The van der Waals surface area contributed by atoms with Gasteiger partial charge in [0.05, 0.1) is 33.1 Å². The lowest BCUT2D eigenvalue weighted by atomic mass is 9.94. The van der Waals surface area contributed by atoms with Gasteiger partial charge in [-0.3, -0.25) is 0 Å². The van der Waals surface area contributed by atoms with Crippen molar-refractivity contribution in [1.29, 1.82) is 0 Å². The maximum absolute atomic E-state index is 13.5. The van der Waals surface area contributed by atoms with E-state index in [4.69, 9.17) is 24.0 Å². The summed E-state index contributed by atoms with van der Waals surface area (Å²) in [6.07, 6.45) is -0.380. The van der Waals surface area contributed by atoms with Crippen LogP contribution >= 0.6 is 0 Å². The van der Waals surface area contributed by atoms with Crippen molar-refractivity contribution in [1.82, 2.24) is 5.01 Å². The molecular formula is C26H23FN2O6. The Kier molecular flexibility index (Phi) is 5.68. The molecule has 3 aromatic rings. The second-order valence-electron chi connectivity index (χ2n) is 8.07. The summed E-state index contributed by atoms with van der Waals surface area (Å²) in [5.74, 6) is -0.106. The van der Waals surface area contributed by atoms with E-state index in [1.54, 1.807) is 42.5 Å². The van der Waals surface area contributed by atoms with Crippen molar-refractivity contribution in [2.24, 2.45) is 5.10 Å². The normalized spacial score (nSPS) is 18.2. The number of hydrazone groups is 1. The summed E-state index contributed by atoms with van der Waals surface area (Å²) in [4.78, 5) is 12.4. The molecule has 0 saturated heterocycles. The summed E-state index contributed by atoms with van der Waals surface area (Å²) in [5.41, 5.74) is 2.63. The molecule has 0 radical (unpaired) electrons. The van der Waals surface area contributed by atoms with Crippen molar-refractivity contribution in [3.05, 3.63) is 82.7 Å². The second kappa shape index (κ2) is 8.83. The van der Waals surface area contributed by atoms with Crippen molar-refractivity contribution < 1.29 is 33.2 Å². The smallest absolute Gasteiger partial charge is 0.340 e. The molecule has 0 amide bonds. The van der Waals surface area contributed by atoms with Gasteiger partial charge in [-0.15, -0.1) is 0 Å². The number of fused-ring (bicyclic) bond motifs is 3. The highest BCUT2D eigenvalue weighted by Crippen LogP contribution is 2.52. The van der Waals surface area contributed by atoms with Gasteiger partial charge in [-0.05, 0) is 35.9 Å². The number of hydrogen-bond donors (Lipinski definition) is 1. The lowest BCUT2D eigenvalue weighted by molar-refractivity contribution is -0.0217. The summed E-state index contributed by atoms with van der Waals surface area (Å²) in [6.45, 7) is 0. The fraction of sp³-hybridized carbons (Fsp3) is 0.231. The van der Waals surface area contributed by atoms with E-state index in [1.807, 2.05) is 12.1 Å². The zero-order chi connectivity index (χ0) is 24.7. The molecule has 0 unspecified atom stereocenters. The number of benzene rings is 3. The highest BCUT2D eigenvalue weighted by Gasteiger charge is 2.44. The van der Waals surface area contributed by atoms with Gasteiger partial charge < -0.3 is 24.1 Å². The number of ether oxygens (including phenoxy) is 4. The Balaban J connectivity index is 1.70. The molecule has 0 fully saturated rings. The van der Waals surface area contributed by atoms with E-state index in [0.29, 0.717) is 23.5 Å². The molecule has 8 nitrogen and oxygen atoms in total. The van der Waals surface area contributed by atoms with Crippen molar-refractivity contribution in [2.75, 3.05) is 21.3 Å². The van der Waals surface area contributed by atoms with Crippen LogP contribution in [0.15, 0.2) is 59.7 Å². The van der Waals surface area contributed by atoms with E-state index in [0.717, 1.165) is 16.8 Å². The molecule has 35 heavy (non-hydrogen) atoms. The number of para-hydroxylation sites is 1. The zero-order valence-corrected chi connectivity index (χ0v) is 19.3. The quantitative estimate of drug-likeness (QED) is 0.545. The minimum atomic E-state index is -1.19. The standard InChI is InChI=1S/C26H23FN2O6/c1-32-20-6-4-5-16-19-13-18(14-7-9-15(27)10-8-14)28-29(19)25(35-23(16)20)17-11-12-21(33-2)24(34-3)22(17)26(30)31/h4-12,19,25H,13H2,1-3H3,(H,30,31)/t19-,25+/m0/s1. The Morgan fingerprint density at radius 1 is 1.00 bits per heavy atom. The average Bonchev–Trinajstić information content (AvgIpc) is 3.33. The molecule has 2 heterocycles. The topological polar surface area (TPSA) is 89.8 Å². The first-order chi connectivity index (χ1) is 17.0. The fourth-order valence-electron chi connectivity index (χ4n) is 4.64. The number of carbonyl (C=O) groups is 1. The molecule has 5 rings (SSSR count). The van der Waals surface area contributed by atoms with Crippen molar-refractivity contribution in [3.63, 3.8) is 0 Å². The van der Waals surface area contributed by atoms with Crippen molar-refractivity contribution >= 4 is 11.7 Å². The van der Waals surface area contributed by atoms with E-state index < -0.39 is 12.2 Å². The Bertz CT molecular complexity index is 1320. The third kappa shape index (κ3) is 3.69. The van der Waals surface area contributed by atoms with Gasteiger partial charge in [0, 0.05) is 17.5 Å². The van der Waals surface area contributed by atoms with E-state index in [1.165, 1.54) is 26.4 Å². The Hall–Kier alpha value is -4.27. The number of rotatable bonds is 6. The first-order valence-corrected chi connectivity index (χ1v) is 10.9. The largest absolute Gasteiger partial charge is 0.493 e. The summed E-state index contributed by atoms with van der Waals surface area (Å²) in [6, 6.07) is 14.7. The van der Waals surface area contributed by atoms with Crippen LogP contribution in [0.25, 0.3) is 0 Å². The molecule has 3 aromatic carbocycles. The molecule has 1 N–H and O–H groups in total. The molecule has 0 saturated carbocycles. The molecule has 0 bridgehead atoms. The predicted molar refractivity (Wildman–Crippen MR) is 125 cm³/mol. The minimum absolute atomic E-state index is 0.0839. The summed E-state index contributed by atoms with van der Waals surface area (Å²) in [5, 5.41) is 16.7. The van der Waals surface area contributed by atoms with Gasteiger partial charge in [0.1, 0.15) is 11.4 Å². The predicted octanol–water partition coefficient (Wildman–Crippen LogP) is 4.79. The lowest BCUT2D eigenvalue weighted by Crippen LogP contribution is -2.35. The Morgan fingerprint density at radius 3 is 2.40 bits per heavy atom. The lowest BCUT2D eigenvalue weighted by Gasteiger charge is -2.39. The van der Waals surface area contributed by atoms with Crippen LogP contribution < -0.4 is 18.9 Å². The highest BCUT2D eigenvalue weighted by molar-refractivity contribution is 6.02. The van der Waals surface area contributed by atoms with Gasteiger partial charge in [-0.2, -0.15) is 5.10 Å². The van der Waals surface area contributed by atoms with Gasteiger partial charge in [-0.1, -0.05) is 24.3 Å². The monoisotopic (exact) mass is 478 g/mol. The van der Waals surface area contributed by atoms with Crippen molar-refractivity contribution in [3.8, 4) is 23.0 Å². The van der Waals surface area contributed by atoms with Gasteiger partial charge in [-0.25, -0.2) is 14.2 Å². The third-order valence-corrected chi connectivity index (χ3v) is 6.24. The first kappa shape index (κ1) is 22.5. The first-order valence-electron chi connectivity index (χ1n) is 10.9. The Labute approximate surface area is 201 Å². The van der Waals surface area contributed by atoms with E-state index in [2.05, 4.69) is 0 Å². The maximum Gasteiger partial charge on any atom is 0.340 e. The van der Waals surface area contributed by atoms with Crippen LogP contribution in [-0.2, 0) is 0 Å². The average molecular weight is 478 g/mol. The van der Waals surface area contributed by atoms with Crippen LogP contribution in [0.4, 0.5) is 4.39 Å². The molecule has 0 aliphatic carbocycles. The van der Waals surface area contributed by atoms with Crippen LogP contribution in [0.1, 0.15) is 45.7 Å². The number of halogens is 1. The number of nitrogens with zero attached hydrogens (tertiary/aromatic N) is 2. The molecular weight excluding hydrogens is 455 g/mol. The number of carboxylic acids is 1. The van der Waals surface area contributed by atoms with Gasteiger partial charge in [0.25, 0.3) is 0 Å². The fourth-order valence-corrected chi connectivity index (χ4v) is 4.64. The number of carboxylic acid groups (broad SMARTS) is 1. The van der Waals surface area contributed by atoms with Crippen molar-refractivity contribution in [2.45, 2.75) is 18.7 Å². The van der Waals surface area contributed by atoms with Gasteiger partial charge in [0.15, 0.2) is 23.0 Å². The summed E-state index contributed by atoms with van der Waals surface area (Å²) < 4.78 is 36.2. The van der Waals surface area contributed by atoms with E-state index in [9.17, 15) is 14.3 Å². The molecule has 9 heteroatoms. The minimum Gasteiger partial charge on any atom is -0.493 e. The highest BCUT2D eigenvalue weighted by atomic mass is 19.1. The van der Waals surface area contributed by atoms with Gasteiger partial charge >= 0.3 is 5.97 Å². The third-order valence-electron chi connectivity index (χ3n) is 6.24. The summed E-state index contributed by atoms with van der Waals surface area (Å²) in [7, 11) is 4.38. The molecule has 0 aromatic heterocycles. The Morgan fingerprint density at radius 2 is 1.74 bits per heavy atom. The summed E-state index contributed by atoms with van der Waals surface area (Å²) >= 11 is 0. The van der Waals surface area contributed by atoms with Gasteiger partial charge in [0.2, 0.25) is 6.23 Å². The van der Waals surface area contributed by atoms with Crippen LogP contribution in [0.2, 0.25) is 0 Å². The molecule has 0 spiro atoms. The molecule has 2 aliphatic heterocycles. The van der Waals surface area contributed by atoms with Crippen LogP contribution in [0.5, 0.6) is 23.0 Å². The van der Waals surface area contributed by atoms with Crippen LogP contribution in [0.3, 0.4) is 0 Å². The second-order valence-corrected chi connectivity index (χ2v) is 8.07. The number of methoxy groups -OCH3 is 3. The van der Waals surface area contributed by atoms with E-state index in [-0.39, 0.29) is 28.9 Å². The van der Waals surface area contributed by atoms with E-state index >= 15 is 0 Å². The molecule has 2 atom stereocenters. The van der Waals surface area contributed by atoms with Crippen LogP contribution in [-0.4, -0.2) is 43.1 Å². The zero-order valence-electron chi connectivity index (χ0n) is 19.3. The van der Waals surface area contributed by atoms with Crippen LogP contribution in [0, 0.1) is 5.82 Å². The number of aromatic carboxylic acids is 1.